The van der Waals surface area contributed by atoms with Crippen LogP contribution < -0.4 is 5.32 Å². The summed E-state index contributed by atoms with van der Waals surface area (Å²) in [5.74, 6) is 0.233. The molecule has 1 aliphatic heterocycles. The van der Waals surface area contributed by atoms with Crippen LogP contribution in [0.5, 0.6) is 0 Å². The van der Waals surface area contributed by atoms with Crippen molar-refractivity contribution < 1.29 is 14.3 Å². The van der Waals surface area contributed by atoms with Crippen molar-refractivity contribution in [2.24, 2.45) is 10.8 Å². The molecule has 4 nitrogen and oxygen atoms in total. The summed E-state index contributed by atoms with van der Waals surface area (Å²) in [7, 11) is 0. The van der Waals surface area contributed by atoms with Gasteiger partial charge in [-0.2, -0.15) is 0 Å². The first-order chi connectivity index (χ1) is 10.1. The van der Waals surface area contributed by atoms with Crippen LogP contribution in [0, 0.1) is 10.8 Å². The Bertz CT molecular complexity index is 383. The maximum absolute atomic E-state index is 12.7. The van der Waals surface area contributed by atoms with E-state index >= 15 is 0 Å². The molecule has 0 radical (unpaired) electrons. The predicted octanol–water partition coefficient (Wildman–Crippen LogP) is 2.66. The van der Waals surface area contributed by atoms with Crippen molar-refractivity contribution in [2.45, 2.75) is 70.9 Å². The average molecular weight is 295 g/mol. The van der Waals surface area contributed by atoms with Crippen LogP contribution in [0.2, 0.25) is 0 Å². The lowest BCUT2D eigenvalue weighted by Gasteiger charge is -2.54. The molecule has 3 aliphatic rings. The highest BCUT2D eigenvalue weighted by Crippen LogP contribution is 2.55. The normalized spacial score (nSPS) is 33.6. The van der Waals surface area contributed by atoms with Crippen LogP contribution in [0.4, 0.5) is 0 Å². The fourth-order valence-electron chi connectivity index (χ4n) is 4.47. The van der Waals surface area contributed by atoms with Gasteiger partial charge in [-0.15, -0.1) is 0 Å². The van der Waals surface area contributed by atoms with Crippen molar-refractivity contribution in [1.82, 2.24) is 5.32 Å². The van der Waals surface area contributed by atoms with Gasteiger partial charge in [-0.1, -0.05) is 19.8 Å². The van der Waals surface area contributed by atoms with Crippen molar-refractivity contribution in [1.29, 1.82) is 0 Å². The summed E-state index contributed by atoms with van der Waals surface area (Å²) in [6, 6.07) is 0.323. The highest BCUT2D eigenvalue weighted by atomic mass is 16.5. The molecule has 3 fully saturated rings. The zero-order chi connectivity index (χ0) is 14.9. The van der Waals surface area contributed by atoms with E-state index in [1.165, 1.54) is 25.7 Å². The number of hydrogen-bond donors (Lipinski definition) is 1. The molecule has 0 aromatic carbocycles. The summed E-state index contributed by atoms with van der Waals surface area (Å²) in [6.07, 6.45) is 8.01. The Balaban J connectivity index is 1.63. The molecule has 1 saturated heterocycles. The van der Waals surface area contributed by atoms with E-state index in [4.69, 9.17) is 9.47 Å². The number of rotatable bonds is 4. The van der Waals surface area contributed by atoms with E-state index < -0.39 is 0 Å². The van der Waals surface area contributed by atoms with Crippen molar-refractivity contribution >= 4 is 5.91 Å². The van der Waals surface area contributed by atoms with Crippen molar-refractivity contribution in [2.75, 3.05) is 19.8 Å². The molecular formula is C17H29NO3. The molecule has 0 aromatic heterocycles. The minimum absolute atomic E-state index is 0.229. The Hall–Kier alpha value is -0.610. The van der Waals surface area contributed by atoms with Crippen LogP contribution in [0.1, 0.15) is 58.8 Å². The predicted molar refractivity (Wildman–Crippen MR) is 81.0 cm³/mol. The fraction of sp³-hybridized carbons (Fsp3) is 0.941. The second kappa shape index (κ2) is 5.88. The molecule has 0 unspecified atom stereocenters. The Labute approximate surface area is 127 Å². The summed E-state index contributed by atoms with van der Waals surface area (Å²) in [5.41, 5.74) is -0.0120. The van der Waals surface area contributed by atoms with E-state index in [0.29, 0.717) is 25.4 Å². The molecule has 4 heteroatoms. The highest BCUT2D eigenvalue weighted by molar-refractivity contribution is 5.82. The van der Waals surface area contributed by atoms with E-state index in [-0.39, 0.29) is 16.7 Å². The smallest absolute Gasteiger partial charge is 0.226 e. The molecule has 3 rings (SSSR count). The molecule has 2 aliphatic carbocycles. The first-order valence-corrected chi connectivity index (χ1v) is 8.61. The van der Waals surface area contributed by atoms with Gasteiger partial charge in [0.15, 0.2) is 0 Å². The van der Waals surface area contributed by atoms with Gasteiger partial charge in [0.1, 0.15) is 0 Å². The number of hydrogen-bond acceptors (Lipinski definition) is 3. The van der Waals surface area contributed by atoms with Gasteiger partial charge in [0, 0.05) is 31.3 Å². The minimum atomic E-state index is -0.241. The third kappa shape index (κ3) is 2.61. The van der Waals surface area contributed by atoms with Crippen LogP contribution in [0.25, 0.3) is 0 Å². The van der Waals surface area contributed by atoms with E-state index in [1.54, 1.807) is 0 Å². The van der Waals surface area contributed by atoms with Crippen LogP contribution in [-0.2, 0) is 14.3 Å². The fourth-order valence-corrected chi connectivity index (χ4v) is 4.47. The first kappa shape index (κ1) is 15.3. The Morgan fingerprint density at radius 2 is 1.90 bits per heavy atom. The molecule has 0 aromatic rings. The molecule has 21 heavy (non-hydrogen) atoms. The quantitative estimate of drug-likeness (QED) is 0.867. The number of ether oxygens (including phenoxy) is 2. The third-order valence-corrected chi connectivity index (χ3v) is 6.14. The second-order valence-electron chi connectivity index (χ2n) is 7.32. The van der Waals surface area contributed by atoms with Gasteiger partial charge < -0.3 is 14.8 Å². The lowest BCUT2D eigenvalue weighted by atomic mass is 9.60. The number of carbonyl (C=O) groups excluding carboxylic acids is 1. The zero-order valence-corrected chi connectivity index (χ0v) is 13.5. The Kier molecular flexibility index (Phi) is 4.28. The maximum Gasteiger partial charge on any atom is 0.226 e. The number of nitrogens with one attached hydrogen (secondary N) is 1. The van der Waals surface area contributed by atoms with Gasteiger partial charge in [-0.25, -0.2) is 0 Å². The van der Waals surface area contributed by atoms with Gasteiger partial charge in [0.2, 0.25) is 5.91 Å². The van der Waals surface area contributed by atoms with Gasteiger partial charge in [-0.05, 0) is 39.0 Å². The molecule has 2 atom stereocenters. The Morgan fingerprint density at radius 3 is 2.52 bits per heavy atom. The standard InChI is InChI=1S/C17H29NO3/c1-3-21-14-12-13(17(14)6-4-5-7-17)18-15(19)16(2)8-10-20-11-9-16/h13-14H,3-12H2,1-2H3,(H,18,19)/t13-,14+/m0/s1. The molecular weight excluding hydrogens is 266 g/mol. The Morgan fingerprint density at radius 1 is 1.24 bits per heavy atom. The average Bonchev–Trinajstić information content (AvgIpc) is 2.99. The molecule has 120 valence electrons. The number of carbonyl (C=O) groups is 1. The topological polar surface area (TPSA) is 47.6 Å². The maximum atomic E-state index is 12.7. The SMILES string of the molecule is CCO[C@@H]1C[C@H](NC(=O)C2(C)CCOCC2)C12CCCC2. The lowest BCUT2D eigenvalue weighted by molar-refractivity contribution is -0.153. The van der Waals surface area contributed by atoms with Crippen LogP contribution in [-0.4, -0.2) is 37.9 Å². The van der Waals surface area contributed by atoms with Gasteiger partial charge in [-0.3, -0.25) is 4.79 Å². The van der Waals surface area contributed by atoms with Gasteiger partial charge in [0.25, 0.3) is 0 Å². The molecule has 1 heterocycles. The monoisotopic (exact) mass is 295 g/mol. The highest BCUT2D eigenvalue weighted by Gasteiger charge is 2.57. The first-order valence-electron chi connectivity index (χ1n) is 8.61. The largest absolute Gasteiger partial charge is 0.381 e. The molecule has 1 amide bonds. The minimum Gasteiger partial charge on any atom is -0.381 e. The summed E-state index contributed by atoms with van der Waals surface area (Å²) in [5, 5.41) is 3.37. The van der Waals surface area contributed by atoms with Crippen molar-refractivity contribution in [3.05, 3.63) is 0 Å². The summed E-state index contributed by atoms with van der Waals surface area (Å²) in [6.45, 7) is 6.35. The van der Waals surface area contributed by atoms with Crippen LogP contribution >= 0.6 is 0 Å². The molecule has 1 spiro atoms. The summed E-state index contributed by atoms with van der Waals surface area (Å²) >= 11 is 0. The second-order valence-corrected chi connectivity index (χ2v) is 7.32. The molecule has 2 saturated carbocycles. The molecule has 0 bridgehead atoms. The van der Waals surface area contributed by atoms with Crippen molar-refractivity contribution in [3.63, 3.8) is 0 Å². The lowest BCUT2D eigenvalue weighted by Crippen LogP contribution is -2.65. The van der Waals surface area contributed by atoms with E-state index in [0.717, 1.165) is 25.9 Å². The van der Waals surface area contributed by atoms with E-state index in [1.807, 2.05) is 0 Å². The van der Waals surface area contributed by atoms with E-state index in [2.05, 4.69) is 19.2 Å². The zero-order valence-electron chi connectivity index (χ0n) is 13.5. The van der Waals surface area contributed by atoms with Crippen LogP contribution in [0.15, 0.2) is 0 Å². The molecule has 1 N–H and O–H groups in total. The van der Waals surface area contributed by atoms with Crippen molar-refractivity contribution in [3.8, 4) is 0 Å². The van der Waals surface area contributed by atoms with Gasteiger partial charge in [0.05, 0.1) is 11.5 Å². The van der Waals surface area contributed by atoms with Gasteiger partial charge >= 0.3 is 0 Å². The summed E-state index contributed by atoms with van der Waals surface area (Å²) < 4.78 is 11.3. The number of amides is 1. The summed E-state index contributed by atoms with van der Waals surface area (Å²) in [4.78, 5) is 12.7. The van der Waals surface area contributed by atoms with Crippen LogP contribution in [0.3, 0.4) is 0 Å². The van der Waals surface area contributed by atoms with E-state index in [9.17, 15) is 4.79 Å². The third-order valence-electron chi connectivity index (χ3n) is 6.14.